The first-order chi connectivity index (χ1) is 15.4. The van der Waals surface area contributed by atoms with E-state index < -0.39 is 0 Å². The van der Waals surface area contributed by atoms with Crippen LogP contribution in [0.25, 0.3) is 0 Å². The lowest BCUT2D eigenvalue weighted by Crippen LogP contribution is -2.24. The second-order valence-corrected chi connectivity index (χ2v) is 8.22. The number of fused-ring (bicyclic) bond motifs is 1. The first-order valence-corrected chi connectivity index (χ1v) is 10.8. The van der Waals surface area contributed by atoms with Crippen molar-refractivity contribution in [1.82, 2.24) is 0 Å². The van der Waals surface area contributed by atoms with E-state index >= 15 is 0 Å². The minimum absolute atomic E-state index is 0.0794. The minimum atomic E-state index is -0.114. The van der Waals surface area contributed by atoms with E-state index in [0.717, 1.165) is 47.8 Å². The van der Waals surface area contributed by atoms with Gasteiger partial charge in [0.2, 0.25) is 5.91 Å². The van der Waals surface area contributed by atoms with Gasteiger partial charge in [-0.1, -0.05) is 0 Å². The molecule has 4 rings (SSSR count). The second-order valence-electron chi connectivity index (χ2n) is 8.22. The Morgan fingerprint density at radius 1 is 0.875 bits per heavy atom. The molecule has 2 amide bonds. The molecule has 0 fully saturated rings. The van der Waals surface area contributed by atoms with Crippen LogP contribution in [-0.4, -0.2) is 32.5 Å². The van der Waals surface area contributed by atoms with Gasteiger partial charge >= 0.3 is 0 Å². The molecule has 0 atom stereocenters. The Morgan fingerprint density at radius 3 is 2.22 bits per heavy atom. The molecule has 0 aliphatic carbocycles. The lowest BCUT2D eigenvalue weighted by Gasteiger charge is -2.32. The standard InChI is InChI=1S/C26H28N4O2/c1-18(31)27-21-8-13-24(14-9-21)30-16-4-5-20-17-22(10-15-25(20)30)28-26(32)19-6-11-23(12-7-19)29(2)3/h6-15,17H,4-5,16H2,1-3H3,(H,27,31)(H,28,32). The minimum Gasteiger partial charge on any atom is -0.378 e. The molecule has 0 spiro atoms. The molecule has 0 aromatic heterocycles. The van der Waals surface area contributed by atoms with Crippen molar-refractivity contribution >= 4 is 40.3 Å². The third-order valence-corrected chi connectivity index (χ3v) is 5.60. The zero-order valence-electron chi connectivity index (χ0n) is 18.7. The SMILES string of the molecule is CC(=O)Nc1ccc(N2CCCc3cc(NC(=O)c4ccc(N(C)C)cc4)ccc32)cc1. The van der Waals surface area contributed by atoms with Gasteiger partial charge in [-0.25, -0.2) is 0 Å². The van der Waals surface area contributed by atoms with Gasteiger partial charge in [0.1, 0.15) is 0 Å². The van der Waals surface area contributed by atoms with Crippen LogP contribution < -0.4 is 20.4 Å². The molecule has 1 aliphatic heterocycles. The van der Waals surface area contributed by atoms with Gasteiger partial charge in [-0.15, -0.1) is 0 Å². The van der Waals surface area contributed by atoms with E-state index in [1.807, 2.05) is 73.6 Å². The predicted molar refractivity (Wildman–Crippen MR) is 131 cm³/mol. The van der Waals surface area contributed by atoms with E-state index in [2.05, 4.69) is 27.7 Å². The lowest BCUT2D eigenvalue weighted by molar-refractivity contribution is -0.114. The predicted octanol–water partition coefficient (Wildman–Crippen LogP) is 5.05. The van der Waals surface area contributed by atoms with E-state index in [0.29, 0.717) is 5.56 Å². The summed E-state index contributed by atoms with van der Waals surface area (Å²) in [6.45, 7) is 2.43. The molecule has 0 unspecified atom stereocenters. The zero-order chi connectivity index (χ0) is 22.7. The van der Waals surface area contributed by atoms with Crippen LogP contribution in [0.2, 0.25) is 0 Å². The number of hydrogen-bond acceptors (Lipinski definition) is 4. The average Bonchev–Trinajstić information content (AvgIpc) is 2.79. The summed E-state index contributed by atoms with van der Waals surface area (Å²) >= 11 is 0. The Labute approximate surface area is 188 Å². The van der Waals surface area contributed by atoms with E-state index in [-0.39, 0.29) is 11.8 Å². The number of rotatable bonds is 5. The quantitative estimate of drug-likeness (QED) is 0.597. The maximum atomic E-state index is 12.7. The maximum absolute atomic E-state index is 12.7. The Bertz CT molecular complexity index is 1120. The lowest BCUT2D eigenvalue weighted by atomic mass is 10.00. The second kappa shape index (κ2) is 9.14. The van der Waals surface area contributed by atoms with Crippen molar-refractivity contribution in [3.05, 3.63) is 77.9 Å². The fraction of sp³-hybridized carbons (Fsp3) is 0.231. The van der Waals surface area contributed by atoms with Crippen molar-refractivity contribution in [2.24, 2.45) is 0 Å². The number of carbonyl (C=O) groups excluding carboxylic acids is 2. The highest BCUT2D eigenvalue weighted by Gasteiger charge is 2.19. The summed E-state index contributed by atoms with van der Waals surface area (Å²) in [4.78, 5) is 28.2. The fourth-order valence-corrected chi connectivity index (χ4v) is 3.99. The van der Waals surface area contributed by atoms with Crippen LogP contribution in [0.3, 0.4) is 0 Å². The molecule has 6 nitrogen and oxygen atoms in total. The molecular formula is C26H28N4O2. The van der Waals surface area contributed by atoms with Crippen molar-refractivity contribution in [3.63, 3.8) is 0 Å². The first-order valence-electron chi connectivity index (χ1n) is 10.8. The maximum Gasteiger partial charge on any atom is 0.255 e. The van der Waals surface area contributed by atoms with E-state index in [9.17, 15) is 9.59 Å². The summed E-state index contributed by atoms with van der Waals surface area (Å²) < 4.78 is 0. The topological polar surface area (TPSA) is 64.7 Å². The van der Waals surface area contributed by atoms with Crippen molar-refractivity contribution < 1.29 is 9.59 Å². The van der Waals surface area contributed by atoms with Gasteiger partial charge in [-0.05, 0) is 85.1 Å². The van der Waals surface area contributed by atoms with Crippen molar-refractivity contribution in [1.29, 1.82) is 0 Å². The largest absolute Gasteiger partial charge is 0.378 e. The van der Waals surface area contributed by atoms with Crippen LogP contribution in [0.1, 0.15) is 29.3 Å². The van der Waals surface area contributed by atoms with Crippen LogP contribution in [0, 0.1) is 0 Å². The van der Waals surface area contributed by atoms with Crippen LogP contribution in [0.15, 0.2) is 66.7 Å². The summed E-state index contributed by atoms with van der Waals surface area (Å²) in [5.74, 6) is -0.194. The van der Waals surface area contributed by atoms with Crippen molar-refractivity contribution in [2.75, 3.05) is 41.1 Å². The smallest absolute Gasteiger partial charge is 0.255 e. The summed E-state index contributed by atoms with van der Waals surface area (Å²) in [5, 5.41) is 5.83. The van der Waals surface area contributed by atoms with E-state index in [4.69, 9.17) is 0 Å². The summed E-state index contributed by atoms with van der Waals surface area (Å²) in [6.07, 6.45) is 2.00. The summed E-state index contributed by atoms with van der Waals surface area (Å²) in [7, 11) is 3.95. The van der Waals surface area contributed by atoms with E-state index in [1.165, 1.54) is 12.5 Å². The number of carbonyl (C=O) groups is 2. The Hall–Kier alpha value is -3.80. The molecule has 0 saturated carbocycles. The molecule has 2 N–H and O–H groups in total. The van der Waals surface area contributed by atoms with Gasteiger partial charge in [-0.3, -0.25) is 9.59 Å². The summed E-state index contributed by atoms with van der Waals surface area (Å²) in [6, 6.07) is 21.5. The number of nitrogens with zero attached hydrogens (tertiary/aromatic N) is 2. The highest BCUT2D eigenvalue weighted by molar-refractivity contribution is 6.04. The Kier molecular flexibility index (Phi) is 6.12. The van der Waals surface area contributed by atoms with Crippen LogP contribution in [-0.2, 0) is 11.2 Å². The van der Waals surface area contributed by atoms with Gasteiger partial charge in [-0.2, -0.15) is 0 Å². The molecule has 32 heavy (non-hydrogen) atoms. The third kappa shape index (κ3) is 4.75. The number of benzene rings is 3. The van der Waals surface area contributed by atoms with Crippen molar-refractivity contribution in [3.8, 4) is 0 Å². The molecule has 3 aromatic carbocycles. The van der Waals surface area contributed by atoms with Crippen LogP contribution in [0.5, 0.6) is 0 Å². The van der Waals surface area contributed by atoms with Crippen LogP contribution >= 0.6 is 0 Å². The van der Waals surface area contributed by atoms with Gasteiger partial charge < -0.3 is 20.4 Å². The number of anilines is 5. The first kappa shape index (κ1) is 21.4. The number of hydrogen-bond donors (Lipinski definition) is 2. The molecule has 1 heterocycles. The van der Waals surface area contributed by atoms with Gasteiger partial charge in [0.15, 0.2) is 0 Å². The fourth-order valence-electron chi connectivity index (χ4n) is 3.99. The molecule has 6 heteroatoms. The molecule has 0 saturated heterocycles. The van der Waals surface area contributed by atoms with E-state index in [1.54, 1.807) is 0 Å². The monoisotopic (exact) mass is 428 g/mol. The Morgan fingerprint density at radius 2 is 1.56 bits per heavy atom. The highest BCUT2D eigenvalue weighted by Crippen LogP contribution is 2.35. The van der Waals surface area contributed by atoms with Gasteiger partial charge in [0.25, 0.3) is 5.91 Å². The molecule has 3 aromatic rings. The molecule has 0 radical (unpaired) electrons. The highest BCUT2D eigenvalue weighted by atomic mass is 16.2. The zero-order valence-corrected chi connectivity index (χ0v) is 18.7. The molecule has 164 valence electrons. The molecule has 0 bridgehead atoms. The van der Waals surface area contributed by atoms with Gasteiger partial charge in [0.05, 0.1) is 0 Å². The number of aryl methyl sites for hydroxylation is 1. The Balaban J connectivity index is 1.50. The van der Waals surface area contributed by atoms with Crippen LogP contribution in [0.4, 0.5) is 28.4 Å². The average molecular weight is 429 g/mol. The van der Waals surface area contributed by atoms with Crippen molar-refractivity contribution in [2.45, 2.75) is 19.8 Å². The number of amides is 2. The summed E-state index contributed by atoms with van der Waals surface area (Å²) in [5.41, 5.74) is 6.72. The molecule has 1 aliphatic rings. The molecular weight excluding hydrogens is 400 g/mol. The normalized spacial score (nSPS) is 12.7. The number of nitrogens with one attached hydrogen (secondary N) is 2. The third-order valence-electron chi connectivity index (χ3n) is 5.60. The van der Waals surface area contributed by atoms with Gasteiger partial charge in [0, 0.05) is 61.6 Å².